The number of hydrogen-bond donors (Lipinski definition) is 0. The standard InChI is InChI=1S/C22H25Cl2NO3/c1-11(2)28-21(27)18-12(3)25-16-9-22(4,5)10-17(26)20(16)19(18)13-6-7-14(23)15(24)8-13/h6-8,11,18-19H,9-10H2,1-5H3/t18?,19-/m1/s1. The Bertz CT molecular complexity index is 899. The second-order valence-electron chi connectivity index (χ2n) is 8.67. The fourth-order valence-corrected chi connectivity index (χ4v) is 4.43. The van der Waals surface area contributed by atoms with Crippen LogP contribution in [-0.2, 0) is 14.3 Å². The van der Waals surface area contributed by atoms with E-state index in [0.29, 0.717) is 34.2 Å². The summed E-state index contributed by atoms with van der Waals surface area (Å²) < 4.78 is 5.51. The van der Waals surface area contributed by atoms with E-state index < -0.39 is 11.8 Å². The van der Waals surface area contributed by atoms with E-state index in [1.807, 2.05) is 13.0 Å². The number of nitrogens with zero attached hydrogens (tertiary/aromatic N) is 1. The predicted molar refractivity (Wildman–Crippen MR) is 112 cm³/mol. The van der Waals surface area contributed by atoms with E-state index in [4.69, 9.17) is 32.9 Å². The zero-order valence-corrected chi connectivity index (χ0v) is 18.3. The van der Waals surface area contributed by atoms with E-state index >= 15 is 0 Å². The van der Waals surface area contributed by atoms with E-state index in [-0.39, 0.29) is 23.3 Å². The lowest BCUT2D eigenvalue weighted by molar-refractivity contribution is -0.150. The number of Topliss-reactive ketones (excluding diaryl/α,β-unsaturated/α-hetero) is 1. The second kappa shape index (κ2) is 7.64. The third-order valence-corrected chi connectivity index (χ3v) is 5.95. The molecule has 0 saturated carbocycles. The summed E-state index contributed by atoms with van der Waals surface area (Å²) >= 11 is 12.4. The van der Waals surface area contributed by atoms with Gasteiger partial charge in [0.1, 0.15) is 5.92 Å². The molecule has 0 radical (unpaired) electrons. The van der Waals surface area contributed by atoms with Crippen LogP contribution in [-0.4, -0.2) is 23.6 Å². The molecule has 28 heavy (non-hydrogen) atoms. The monoisotopic (exact) mass is 421 g/mol. The molecule has 150 valence electrons. The highest BCUT2D eigenvalue weighted by Crippen LogP contribution is 2.48. The van der Waals surface area contributed by atoms with Crippen molar-refractivity contribution >= 4 is 40.7 Å². The molecule has 2 atom stereocenters. The number of hydrogen-bond acceptors (Lipinski definition) is 4. The maximum absolute atomic E-state index is 13.1. The lowest BCUT2D eigenvalue weighted by Gasteiger charge is -2.39. The number of carbonyl (C=O) groups excluding carboxylic acids is 2. The van der Waals surface area contributed by atoms with Crippen molar-refractivity contribution in [1.29, 1.82) is 0 Å². The topological polar surface area (TPSA) is 55.7 Å². The van der Waals surface area contributed by atoms with Gasteiger partial charge in [-0.15, -0.1) is 0 Å². The van der Waals surface area contributed by atoms with Gasteiger partial charge in [-0.3, -0.25) is 14.6 Å². The van der Waals surface area contributed by atoms with Gasteiger partial charge in [0.25, 0.3) is 0 Å². The minimum Gasteiger partial charge on any atom is -0.462 e. The molecule has 0 aromatic heterocycles. The summed E-state index contributed by atoms with van der Waals surface area (Å²) in [5.74, 6) is -1.49. The normalized spacial score (nSPS) is 24.1. The molecule has 2 aliphatic rings. The molecule has 0 amide bonds. The highest BCUT2D eigenvalue weighted by atomic mass is 35.5. The van der Waals surface area contributed by atoms with Crippen LogP contribution in [0.15, 0.2) is 34.5 Å². The van der Waals surface area contributed by atoms with Crippen molar-refractivity contribution in [2.45, 2.75) is 59.5 Å². The largest absolute Gasteiger partial charge is 0.462 e. The predicted octanol–water partition coefficient (Wildman–Crippen LogP) is 5.76. The van der Waals surface area contributed by atoms with E-state index in [9.17, 15) is 9.59 Å². The highest BCUT2D eigenvalue weighted by molar-refractivity contribution is 6.42. The molecule has 0 N–H and O–H groups in total. The average molecular weight is 422 g/mol. The number of esters is 1. The van der Waals surface area contributed by atoms with Gasteiger partial charge in [-0.2, -0.15) is 0 Å². The summed E-state index contributed by atoms with van der Waals surface area (Å²) in [6.45, 7) is 9.56. The maximum atomic E-state index is 13.1. The number of carbonyl (C=O) groups is 2. The number of ether oxygens (including phenoxy) is 1. The fourth-order valence-electron chi connectivity index (χ4n) is 4.12. The van der Waals surface area contributed by atoms with Crippen LogP contribution in [0.1, 0.15) is 58.9 Å². The molecule has 1 heterocycles. The third-order valence-electron chi connectivity index (χ3n) is 5.21. The number of halogens is 2. The van der Waals surface area contributed by atoms with Crippen LogP contribution >= 0.6 is 23.2 Å². The van der Waals surface area contributed by atoms with E-state index in [0.717, 1.165) is 11.3 Å². The minimum absolute atomic E-state index is 0.0286. The Morgan fingerprint density at radius 1 is 1.21 bits per heavy atom. The first-order valence-electron chi connectivity index (χ1n) is 9.47. The van der Waals surface area contributed by atoms with E-state index in [1.165, 1.54) is 0 Å². The lowest BCUT2D eigenvalue weighted by Crippen LogP contribution is -2.40. The van der Waals surface area contributed by atoms with Gasteiger partial charge >= 0.3 is 5.97 Å². The van der Waals surface area contributed by atoms with Gasteiger partial charge in [0.05, 0.1) is 16.1 Å². The van der Waals surface area contributed by atoms with Crippen molar-refractivity contribution in [3.05, 3.63) is 45.1 Å². The molecule has 1 aliphatic carbocycles. The van der Waals surface area contributed by atoms with Crippen LogP contribution in [0.2, 0.25) is 10.0 Å². The Balaban J connectivity index is 2.18. The molecule has 3 rings (SSSR count). The Morgan fingerprint density at radius 2 is 1.89 bits per heavy atom. The zero-order chi connectivity index (χ0) is 20.8. The molecular weight excluding hydrogens is 397 g/mol. The molecule has 6 heteroatoms. The first-order valence-corrected chi connectivity index (χ1v) is 10.2. The molecule has 0 bridgehead atoms. The molecule has 0 spiro atoms. The highest BCUT2D eigenvalue weighted by Gasteiger charge is 2.46. The van der Waals surface area contributed by atoms with Crippen LogP contribution in [0.5, 0.6) is 0 Å². The first kappa shape index (κ1) is 21.1. The summed E-state index contributed by atoms with van der Waals surface area (Å²) in [5.41, 5.74) is 2.64. The minimum atomic E-state index is -0.663. The molecule has 0 saturated heterocycles. The van der Waals surface area contributed by atoms with Crippen molar-refractivity contribution < 1.29 is 14.3 Å². The number of allylic oxidation sites excluding steroid dienone is 2. The quantitative estimate of drug-likeness (QED) is 0.582. The zero-order valence-electron chi connectivity index (χ0n) is 16.8. The van der Waals surface area contributed by atoms with Gasteiger partial charge in [0.2, 0.25) is 0 Å². The van der Waals surface area contributed by atoms with Gasteiger partial charge in [-0.25, -0.2) is 0 Å². The summed E-state index contributed by atoms with van der Waals surface area (Å²) in [6.07, 6.45) is 0.852. The average Bonchev–Trinajstić information content (AvgIpc) is 2.54. The van der Waals surface area contributed by atoms with Gasteiger partial charge in [0, 0.05) is 29.3 Å². The Kier molecular flexibility index (Phi) is 5.75. The number of aliphatic imine (C=N–C) groups is 1. The van der Waals surface area contributed by atoms with E-state index in [2.05, 4.69) is 13.8 Å². The van der Waals surface area contributed by atoms with Crippen LogP contribution in [0.3, 0.4) is 0 Å². The van der Waals surface area contributed by atoms with E-state index in [1.54, 1.807) is 26.0 Å². The molecule has 1 aromatic carbocycles. The Labute approximate surface area is 176 Å². The van der Waals surface area contributed by atoms with Gasteiger partial charge in [-0.05, 0) is 50.3 Å². The van der Waals surface area contributed by atoms with Crippen LogP contribution < -0.4 is 0 Å². The molecular formula is C22H25Cl2NO3. The van der Waals surface area contributed by atoms with Gasteiger partial charge in [0.15, 0.2) is 5.78 Å². The summed E-state index contributed by atoms with van der Waals surface area (Å²) in [7, 11) is 0. The van der Waals surface area contributed by atoms with Crippen LogP contribution in [0, 0.1) is 11.3 Å². The van der Waals surface area contributed by atoms with Crippen molar-refractivity contribution in [1.82, 2.24) is 0 Å². The molecule has 4 nitrogen and oxygen atoms in total. The number of rotatable bonds is 3. The number of benzene rings is 1. The Hall–Kier alpha value is -1.65. The molecule has 1 aromatic rings. The van der Waals surface area contributed by atoms with Crippen LogP contribution in [0.25, 0.3) is 0 Å². The smallest absolute Gasteiger partial charge is 0.315 e. The summed E-state index contributed by atoms with van der Waals surface area (Å²) in [5, 5.41) is 0.819. The first-order chi connectivity index (χ1) is 13.0. The van der Waals surface area contributed by atoms with Crippen molar-refractivity contribution in [2.24, 2.45) is 16.3 Å². The van der Waals surface area contributed by atoms with Crippen molar-refractivity contribution in [3.63, 3.8) is 0 Å². The van der Waals surface area contributed by atoms with Crippen molar-refractivity contribution in [2.75, 3.05) is 0 Å². The Morgan fingerprint density at radius 3 is 2.50 bits per heavy atom. The lowest BCUT2D eigenvalue weighted by atomic mass is 9.67. The number of ketones is 1. The summed E-state index contributed by atoms with van der Waals surface area (Å²) in [4.78, 5) is 30.8. The molecule has 1 unspecified atom stereocenters. The van der Waals surface area contributed by atoms with Gasteiger partial charge < -0.3 is 4.74 Å². The molecule has 1 aliphatic heterocycles. The molecule has 0 fully saturated rings. The third kappa shape index (κ3) is 4.04. The fraction of sp³-hybridized carbons (Fsp3) is 0.500. The van der Waals surface area contributed by atoms with Gasteiger partial charge in [-0.1, -0.05) is 43.1 Å². The summed E-state index contributed by atoms with van der Waals surface area (Å²) in [6, 6.07) is 5.26. The van der Waals surface area contributed by atoms with Crippen molar-refractivity contribution in [3.8, 4) is 0 Å². The van der Waals surface area contributed by atoms with Crippen LogP contribution in [0.4, 0.5) is 0 Å². The second-order valence-corrected chi connectivity index (χ2v) is 9.48. The SMILES string of the molecule is CC1=NC2=C(C(=O)CC(C)(C)C2)[C@H](c2ccc(Cl)c(Cl)c2)C1C(=O)OC(C)C. The maximum Gasteiger partial charge on any atom is 0.315 e.